The van der Waals surface area contributed by atoms with Crippen LogP contribution in [0.2, 0.25) is 0 Å². The highest BCUT2D eigenvalue weighted by atomic mass is 16.5. The van der Waals surface area contributed by atoms with Crippen LogP contribution in [-0.2, 0) is 13.0 Å². The summed E-state index contributed by atoms with van der Waals surface area (Å²) >= 11 is 0. The van der Waals surface area contributed by atoms with Gasteiger partial charge in [-0.15, -0.1) is 0 Å². The van der Waals surface area contributed by atoms with Gasteiger partial charge in [0.15, 0.2) is 11.5 Å². The lowest BCUT2D eigenvalue weighted by molar-refractivity contribution is 0.0952. The Kier molecular flexibility index (Phi) is 7.32. The maximum Gasteiger partial charge on any atom is 0.251 e. The van der Waals surface area contributed by atoms with E-state index in [4.69, 9.17) is 19.2 Å². The summed E-state index contributed by atoms with van der Waals surface area (Å²) in [5, 5.41) is 2.99. The van der Waals surface area contributed by atoms with E-state index in [-0.39, 0.29) is 5.91 Å². The van der Waals surface area contributed by atoms with Crippen molar-refractivity contribution in [3.63, 3.8) is 0 Å². The lowest BCUT2D eigenvalue weighted by Gasteiger charge is -2.11. The quantitative estimate of drug-likeness (QED) is 0.354. The summed E-state index contributed by atoms with van der Waals surface area (Å²) in [5.41, 5.74) is 3.78. The molecule has 1 aromatic heterocycles. The fourth-order valence-electron chi connectivity index (χ4n) is 3.93. The van der Waals surface area contributed by atoms with Crippen LogP contribution in [0.3, 0.4) is 0 Å². The molecule has 0 bridgehead atoms. The number of para-hydroxylation sites is 2. The third-order valence-electron chi connectivity index (χ3n) is 5.74. The molecule has 34 heavy (non-hydrogen) atoms. The van der Waals surface area contributed by atoms with Gasteiger partial charge in [-0.25, -0.2) is 4.98 Å². The average molecular weight is 460 g/mol. The number of nitrogens with one attached hydrogen (secondary N) is 1. The van der Waals surface area contributed by atoms with Crippen molar-refractivity contribution >= 4 is 16.9 Å². The fourth-order valence-corrected chi connectivity index (χ4v) is 3.93. The molecule has 1 N–H and O–H groups in total. The van der Waals surface area contributed by atoms with E-state index >= 15 is 0 Å². The second-order valence-electron chi connectivity index (χ2n) is 7.88. The van der Waals surface area contributed by atoms with E-state index in [0.717, 1.165) is 42.0 Å². The Bertz CT molecular complexity index is 1260. The third kappa shape index (κ3) is 5.14. The maximum absolute atomic E-state index is 12.6. The first-order valence-electron chi connectivity index (χ1n) is 11.2. The van der Waals surface area contributed by atoms with Crippen molar-refractivity contribution in [3.8, 4) is 17.2 Å². The molecule has 0 unspecified atom stereocenters. The molecule has 0 fully saturated rings. The van der Waals surface area contributed by atoms with Gasteiger partial charge in [-0.3, -0.25) is 4.79 Å². The SMILES string of the molecule is COc1ccc(Cn2c(CCCNC(=O)c3ccc(OC)c(OC)c3)nc3ccccc32)cc1. The number of fused-ring (bicyclic) bond motifs is 1. The minimum atomic E-state index is -0.146. The molecule has 4 rings (SSSR count). The van der Waals surface area contributed by atoms with Crippen LogP contribution in [0.15, 0.2) is 66.7 Å². The molecule has 0 saturated carbocycles. The molecule has 0 spiro atoms. The van der Waals surface area contributed by atoms with Crippen LogP contribution in [0.1, 0.15) is 28.2 Å². The molecule has 0 aliphatic rings. The Labute approximate surface area is 199 Å². The highest BCUT2D eigenvalue weighted by Gasteiger charge is 2.13. The number of rotatable bonds is 10. The number of aromatic nitrogens is 2. The van der Waals surface area contributed by atoms with Crippen molar-refractivity contribution in [2.24, 2.45) is 0 Å². The predicted molar refractivity (Wildman–Crippen MR) is 132 cm³/mol. The van der Waals surface area contributed by atoms with Crippen molar-refractivity contribution in [1.82, 2.24) is 14.9 Å². The smallest absolute Gasteiger partial charge is 0.251 e. The van der Waals surface area contributed by atoms with Crippen LogP contribution >= 0.6 is 0 Å². The standard InChI is InChI=1S/C27H29N3O4/c1-32-21-13-10-19(11-14-21)18-30-23-8-5-4-7-22(23)29-26(30)9-6-16-28-27(31)20-12-15-24(33-2)25(17-20)34-3/h4-5,7-8,10-15,17H,6,9,16,18H2,1-3H3,(H,28,31). The van der Waals surface area contributed by atoms with E-state index in [9.17, 15) is 4.79 Å². The van der Waals surface area contributed by atoms with Crippen molar-refractivity contribution in [3.05, 3.63) is 83.7 Å². The van der Waals surface area contributed by atoms with E-state index in [0.29, 0.717) is 23.6 Å². The average Bonchev–Trinajstić information content (AvgIpc) is 3.23. The number of carbonyl (C=O) groups excluding carboxylic acids is 1. The van der Waals surface area contributed by atoms with Crippen LogP contribution in [0, 0.1) is 0 Å². The Morgan fingerprint density at radius 1 is 0.912 bits per heavy atom. The van der Waals surface area contributed by atoms with Crippen LogP contribution in [-0.4, -0.2) is 43.3 Å². The first-order valence-corrected chi connectivity index (χ1v) is 11.2. The highest BCUT2D eigenvalue weighted by molar-refractivity contribution is 5.94. The van der Waals surface area contributed by atoms with Gasteiger partial charge in [0, 0.05) is 25.1 Å². The van der Waals surface area contributed by atoms with Crippen molar-refractivity contribution in [2.45, 2.75) is 19.4 Å². The lowest BCUT2D eigenvalue weighted by Crippen LogP contribution is -2.25. The number of hydrogen-bond acceptors (Lipinski definition) is 5. The monoisotopic (exact) mass is 459 g/mol. The molecular weight excluding hydrogens is 430 g/mol. The molecule has 0 atom stereocenters. The normalized spacial score (nSPS) is 10.8. The second-order valence-corrected chi connectivity index (χ2v) is 7.88. The predicted octanol–water partition coefficient (Wildman–Crippen LogP) is 4.47. The van der Waals surface area contributed by atoms with Gasteiger partial charge in [0.2, 0.25) is 0 Å². The van der Waals surface area contributed by atoms with E-state index in [1.807, 2.05) is 30.3 Å². The minimum absolute atomic E-state index is 0.146. The van der Waals surface area contributed by atoms with Gasteiger partial charge in [0.1, 0.15) is 11.6 Å². The van der Waals surface area contributed by atoms with E-state index < -0.39 is 0 Å². The third-order valence-corrected chi connectivity index (χ3v) is 5.74. The van der Waals surface area contributed by atoms with Crippen molar-refractivity contribution in [1.29, 1.82) is 0 Å². The lowest BCUT2D eigenvalue weighted by atomic mass is 10.2. The molecule has 3 aromatic carbocycles. The van der Waals surface area contributed by atoms with Gasteiger partial charge >= 0.3 is 0 Å². The summed E-state index contributed by atoms with van der Waals surface area (Å²) < 4.78 is 18.0. The second kappa shape index (κ2) is 10.7. The summed E-state index contributed by atoms with van der Waals surface area (Å²) in [6.45, 7) is 1.26. The Morgan fingerprint density at radius 3 is 2.41 bits per heavy atom. The minimum Gasteiger partial charge on any atom is -0.497 e. The van der Waals surface area contributed by atoms with Gasteiger partial charge < -0.3 is 24.1 Å². The van der Waals surface area contributed by atoms with Crippen LogP contribution in [0.25, 0.3) is 11.0 Å². The number of ether oxygens (including phenoxy) is 3. The number of imidazole rings is 1. The number of hydrogen-bond donors (Lipinski definition) is 1. The molecule has 1 amide bonds. The molecule has 0 aliphatic heterocycles. The van der Waals surface area contributed by atoms with Gasteiger partial charge in [-0.1, -0.05) is 24.3 Å². The molecule has 0 saturated heterocycles. The number of methoxy groups -OCH3 is 3. The maximum atomic E-state index is 12.6. The summed E-state index contributed by atoms with van der Waals surface area (Å²) in [6.07, 6.45) is 1.52. The Hall–Kier alpha value is -4.00. The summed E-state index contributed by atoms with van der Waals surface area (Å²) in [5.74, 6) is 2.81. The van der Waals surface area contributed by atoms with E-state index in [1.165, 1.54) is 5.56 Å². The number of benzene rings is 3. The number of aryl methyl sites for hydroxylation is 1. The van der Waals surface area contributed by atoms with Crippen molar-refractivity contribution < 1.29 is 19.0 Å². The highest BCUT2D eigenvalue weighted by Crippen LogP contribution is 2.27. The first kappa shape index (κ1) is 23.2. The molecule has 0 aliphatic carbocycles. The number of nitrogens with zero attached hydrogens (tertiary/aromatic N) is 2. The van der Waals surface area contributed by atoms with Gasteiger partial charge in [0.25, 0.3) is 5.91 Å². The summed E-state index contributed by atoms with van der Waals surface area (Å²) in [4.78, 5) is 17.4. The zero-order valence-corrected chi connectivity index (χ0v) is 19.7. The molecule has 1 heterocycles. The molecule has 7 nitrogen and oxygen atoms in total. The number of amides is 1. The molecule has 4 aromatic rings. The Balaban J connectivity index is 1.42. The van der Waals surface area contributed by atoms with Gasteiger partial charge in [-0.2, -0.15) is 0 Å². The molecule has 7 heteroatoms. The fraction of sp³-hybridized carbons (Fsp3) is 0.259. The van der Waals surface area contributed by atoms with Crippen LogP contribution in [0.5, 0.6) is 17.2 Å². The zero-order chi connectivity index (χ0) is 23.9. The topological polar surface area (TPSA) is 74.6 Å². The van der Waals surface area contributed by atoms with Crippen molar-refractivity contribution in [2.75, 3.05) is 27.9 Å². The first-order chi connectivity index (χ1) is 16.6. The van der Waals surface area contributed by atoms with Gasteiger partial charge in [0.05, 0.1) is 32.4 Å². The molecule has 0 radical (unpaired) electrons. The zero-order valence-electron chi connectivity index (χ0n) is 19.7. The van der Waals surface area contributed by atoms with E-state index in [2.05, 4.69) is 28.1 Å². The Morgan fingerprint density at radius 2 is 1.68 bits per heavy atom. The molecule has 176 valence electrons. The summed E-state index contributed by atoms with van der Waals surface area (Å²) in [7, 11) is 4.79. The summed E-state index contributed by atoms with van der Waals surface area (Å²) in [6, 6.07) is 21.4. The van der Waals surface area contributed by atoms with Gasteiger partial charge in [-0.05, 0) is 54.4 Å². The van der Waals surface area contributed by atoms with Crippen LogP contribution < -0.4 is 19.5 Å². The van der Waals surface area contributed by atoms with E-state index in [1.54, 1.807) is 39.5 Å². The number of carbonyl (C=O) groups is 1. The molecular formula is C27H29N3O4. The van der Waals surface area contributed by atoms with Crippen LogP contribution in [0.4, 0.5) is 0 Å². The largest absolute Gasteiger partial charge is 0.497 e.